The van der Waals surface area contributed by atoms with E-state index in [0.29, 0.717) is 31.7 Å². The number of imidazole rings is 1. The van der Waals surface area contributed by atoms with Crippen molar-refractivity contribution in [1.82, 2.24) is 19.9 Å². The van der Waals surface area contributed by atoms with E-state index in [9.17, 15) is 9.90 Å². The number of nitrogens with one attached hydrogen (secondary N) is 1. The molecule has 0 radical (unpaired) electrons. The number of aryl methyl sites for hydroxylation is 1. The summed E-state index contributed by atoms with van der Waals surface area (Å²) >= 11 is 0. The summed E-state index contributed by atoms with van der Waals surface area (Å²) in [6.07, 6.45) is 8.22. The number of carbonyl (C=O) groups is 1. The first-order valence-corrected chi connectivity index (χ1v) is 8.35. The molecule has 1 aliphatic rings. The predicted molar refractivity (Wildman–Crippen MR) is 92.8 cm³/mol. The molecule has 2 atom stereocenters. The van der Waals surface area contributed by atoms with Gasteiger partial charge in [-0.3, -0.25) is 9.78 Å². The monoisotopic (exact) mass is 342 g/mol. The maximum Gasteiger partial charge on any atom is 0.246 e. The Labute approximate surface area is 146 Å². The number of hydrogen-bond acceptors (Lipinski definition) is 5. The summed E-state index contributed by atoms with van der Waals surface area (Å²) < 4.78 is 5.94. The van der Waals surface area contributed by atoms with E-state index in [2.05, 4.69) is 15.0 Å². The van der Waals surface area contributed by atoms with Gasteiger partial charge in [0, 0.05) is 31.8 Å². The number of hydrogen-bond donors (Lipinski definition) is 2. The van der Waals surface area contributed by atoms with Gasteiger partial charge in [0.05, 0.1) is 30.0 Å². The third kappa shape index (κ3) is 4.45. The lowest BCUT2D eigenvalue weighted by Gasteiger charge is -2.22. The fourth-order valence-electron chi connectivity index (χ4n) is 2.80. The lowest BCUT2D eigenvalue weighted by molar-refractivity contribution is -0.126. The molecule has 3 heterocycles. The molecule has 0 unspecified atom stereocenters. The molecule has 0 spiro atoms. The van der Waals surface area contributed by atoms with E-state index in [4.69, 9.17) is 4.74 Å². The van der Waals surface area contributed by atoms with E-state index >= 15 is 0 Å². The summed E-state index contributed by atoms with van der Waals surface area (Å²) in [7, 11) is 0. The molecule has 0 bridgehead atoms. The number of rotatable bonds is 4. The van der Waals surface area contributed by atoms with Gasteiger partial charge in [-0.2, -0.15) is 0 Å². The number of aromatic nitrogens is 3. The fraction of sp³-hybridized carbons (Fsp3) is 0.389. The van der Waals surface area contributed by atoms with Crippen molar-refractivity contribution in [3.05, 3.63) is 48.3 Å². The third-order valence-electron chi connectivity index (χ3n) is 4.28. The largest absolute Gasteiger partial charge is 0.486 e. The quantitative estimate of drug-likeness (QED) is 0.823. The first-order valence-electron chi connectivity index (χ1n) is 8.35. The minimum absolute atomic E-state index is 0.0833. The lowest BCUT2D eigenvalue weighted by Crippen LogP contribution is -2.32. The van der Waals surface area contributed by atoms with E-state index in [0.717, 1.165) is 11.4 Å². The van der Waals surface area contributed by atoms with Crippen molar-refractivity contribution < 1.29 is 14.6 Å². The van der Waals surface area contributed by atoms with E-state index < -0.39 is 6.10 Å². The van der Waals surface area contributed by atoms with Gasteiger partial charge in [0.25, 0.3) is 0 Å². The lowest BCUT2D eigenvalue weighted by atomic mass is 10.1. The number of aliphatic hydroxyl groups is 1. The number of ether oxygens (including phenoxy) is 1. The molecule has 1 fully saturated rings. The molecule has 2 aromatic rings. The number of likely N-dealkylation sites (tertiary alicyclic amines) is 1. The Morgan fingerprint density at radius 1 is 1.44 bits per heavy atom. The van der Waals surface area contributed by atoms with Crippen molar-refractivity contribution in [2.24, 2.45) is 0 Å². The Bertz CT molecular complexity index is 730. The van der Waals surface area contributed by atoms with Gasteiger partial charge in [0.2, 0.25) is 5.91 Å². The molecule has 7 nitrogen and oxygen atoms in total. The van der Waals surface area contributed by atoms with Gasteiger partial charge in [-0.25, -0.2) is 4.98 Å². The van der Waals surface area contributed by atoms with Crippen LogP contribution < -0.4 is 4.74 Å². The van der Waals surface area contributed by atoms with Crippen LogP contribution >= 0.6 is 0 Å². The Hall–Kier alpha value is -2.67. The van der Waals surface area contributed by atoms with Crippen LogP contribution in [-0.2, 0) is 4.79 Å². The molecule has 0 aromatic carbocycles. The third-order valence-corrected chi connectivity index (χ3v) is 4.28. The second-order valence-corrected chi connectivity index (χ2v) is 6.05. The van der Waals surface area contributed by atoms with Crippen molar-refractivity contribution >= 4 is 12.0 Å². The minimum Gasteiger partial charge on any atom is -0.486 e. The summed E-state index contributed by atoms with van der Waals surface area (Å²) in [6, 6.07) is 3.65. The number of aromatic amines is 1. The van der Waals surface area contributed by atoms with Crippen LogP contribution in [0.5, 0.6) is 5.75 Å². The van der Waals surface area contributed by atoms with Crippen LogP contribution in [-0.4, -0.2) is 56.2 Å². The zero-order valence-corrected chi connectivity index (χ0v) is 14.1. The molecule has 1 aliphatic heterocycles. The summed E-state index contributed by atoms with van der Waals surface area (Å²) in [5.74, 6) is 0.588. The Kier molecular flexibility index (Phi) is 5.45. The molecule has 0 saturated carbocycles. The summed E-state index contributed by atoms with van der Waals surface area (Å²) in [6.45, 7) is 2.90. The van der Waals surface area contributed by atoms with Crippen LogP contribution in [0.4, 0.5) is 0 Å². The highest BCUT2D eigenvalue weighted by Gasteiger charge is 2.28. The van der Waals surface area contributed by atoms with Crippen LogP contribution in [0.25, 0.3) is 6.08 Å². The molecule has 7 heteroatoms. The van der Waals surface area contributed by atoms with Crippen LogP contribution in [0.15, 0.2) is 36.9 Å². The molecule has 0 aliphatic carbocycles. The number of amides is 1. The maximum atomic E-state index is 12.3. The van der Waals surface area contributed by atoms with Gasteiger partial charge in [-0.15, -0.1) is 0 Å². The molecular weight excluding hydrogens is 320 g/mol. The number of H-pyrrole nitrogens is 1. The van der Waals surface area contributed by atoms with Gasteiger partial charge in [0.1, 0.15) is 11.9 Å². The van der Waals surface area contributed by atoms with E-state index in [1.807, 2.05) is 19.1 Å². The normalized spacial score (nSPS) is 21.3. The average Bonchev–Trinajstić information content (AvgIpc) is 3.06. The topological polar surface area (TPSA) is 91.3 Å². The highest BCUT2D eigenvalue weighted by Crippen LogP contribution is 2.21. The zero-order chi connectivity index (χ0) is 17.6. The van der Waals surface area contributed by atoms with Gasteiger partial charge in [-0.1, -0.05) is 0 Å². The van der Waals surface area contributed by atoms with E-state index in [1.54, 1.807) is 29.7 Å². The van der Waals surface area contributed by atoms with Gasteiger partial charge in [-0.05, 0) is 31.6 Å². The molecule has 1 amide bonds. The fourth-order valence-corrected chi connectivity index (χ4v) is 2.80. The SMILES string of the molecule is Cc1ncccc1O[C@H]1CCN(C(=O)/C=C/c2cnc[nH]2)CC[C@@H]1O. The highest BCUT2D eigenvalue weighted by atomic mass is 16.5. The van der Waals surface area contributed by atoms with Crippen LogP contribution in [0, 0.1) is 6.92 Å². The second-order valence-electron chi connectivity index (χ2n) is 6.05. The minimum atomic E-state index is -0.617. The van der Waals surface area contributed by atoms with Gasteiger partial charge in [0.15, 0.2) is 0 Å². The second kappa shape index (κ2) is 7.94. The van der Waals surface area contributed by atoms with Gasteiger partial charge >= 0.3 is 0 Å². The Morgan fingerprint density at radius 2 is 2.28 bits per heavy atom. The molecule has 25 heavy (non-hydrogen) atoms. The first-order chi connectivity index (χ1) is 12.1. The molecule has 132 valence electrons. The molecule has 2 aromatic heterocycles. The smallest absolute Gasteiger partial charge is 0.246 e. The van der Waals surface area contributed by atoms with Crippen molar-refractivity contribution in [2.45, 2.75) is 32.0 Å². The van der Waals surface area contributed by atoms with E-state index in [-0.39, 0.29) is 12.0 Å². The first kappa shape index (κ1) is 17.2. The zero-order valence-electron chi connectivity index (χ0n) is 14.1. The molecular formula is C18H22N4O3. The Balaban J connectivity index is 1.60. The van der Waals surface area contributed by atoms with Crippen LogP contribution in [0.2, 0.25) is 0 Å². The predicted octanol–water partition coefficient (Wildman–Crippen LogP) is 1.56. The molecule has 2 N–H and O–H groups in total. The van der Waals surface area contributed by atoms with Crippen molar-refractivity contribution in [2.75, 3.05) is 13.1 Å². The number of pyridine rings is 1. The van der Waals surface area contributed by atoms with E-state index in [1.165, 1.54) is 6.08 Å². The number of aliphatic hydroxyl groups excluding tert-OH is 1. The number of carbonyl (C=O) groups excluding carboxylic acids is 1. The summed E-state index contributed by atoms with van der Waals surface area (Å²) in [5, 5.41) is 10.4. The highest BCUT2D eigenvalue weighted by molar-refractivity contribution is 5.91. The van der Waals surface area contributed by atoms with Crippen LogP contribution in [0.1, 0.15) is 24.2 Å². The van der Waals surface area contributed by atoms with Crippen LogP contribution in [0.3, 0.4) is 0 Å². The maximum absolute atomic E-state index is 12.3. The van der Waals surface area contributed by atoms with Crippen molar-refractivity contribution in [1.29, 1.82) is 0 Å². The summed E-state index contributed by atoms with van der Waals surface area (Å²) in [4.78, 5) is 25.1. The standard InChI is InChI=1S/C18H22N4O3/c1-13-16(3-2-8-20-13)25-17-7-10-22(9-6-15(17)23)18(24)5-4-14-11-19-12-21-14/h2-5,8,11-12,15,17,23H,6-7,9-10H2,1H3,(H,19,21)/b5-4+/t15-,17-/m0/s1. The average molecular weight is 342 g/mol. The molecule has 3 rings (SSSR count). The summed E-state index contributed by atoms with van der Waals surface area (Å²) in [5.41, 5.74) is 1.56. The Morgan fingerprint density at radius 3 is 3.04 bits per heavy atom. The van der Waals surface area contributed by atoms with Gasteiger partial charge < -0.3 is 19.7 Å². The number of nitrogens with zero attached hydrogens (tertiary/aromatic N) is 3. The van der Waals surface area contributed by atoms with Crippen molar-refractivity contribution in [3.8, 4) is 5.75 Å². The molecule has 1 saturated heterocycles. The van der Waals surface area contributed by atoms with Crippen molar-refractivity contribution in [3.63, 3.8) is 0 Å².